The van der Waals surface area contributed by atoms with Crippen LogP contribution in [0.5, 0.6) is 0 Å². The third-order valence-electron chi connectivity index (χ3n) is 6.79. The van der Waals surface area contributed by atoms with Crippen LogP contribution in [-0.2, 0) is 15.1 Å². The molecule has 3 heterocycles. The number of nitrogens with two attached hydrogens (primary N) is 1. The number of Topliss-reactive ketones (excluding diaryl/α,β-unsaturated/α-hetero) is 1. The van der Waals surface area contributed by atoms with Gasteiger partial charge >= 0.3 is 6.18 Å². The molecular formula is C26H27F4N5O2. The molecule has 2 atom stereocenters. The molecule has 1 unspecified atom stereocenters. The highest BCUT2D eigenvalue weighted by Crippen LogP contribution is 2.45. The van der Waals surface area contributed by atoms with Crippen molar-refractivity contribution in [2.24, 2.45) is 16.6 Å². The number of carbonyl (C=O) groups is 2. The summed E-state index contributed by atoms with van der Waals surface area (Å²) in [6, 6.07) is 9.79. The monoisotopic (exact) mass is 517 g/mol. The molecule has 1 aromatic carbocycles. The van der Waals surface area contributed by atoms with E-state index in [-0.39, 0.29) is 48.9 Å². The van der Waals surface area contributed by atoms with Gasteiger partial charge in [-0.25, -0.2) is 9.98 Å². The lowest BCUT2D eigenvalue weighted by molar-refractivity contribution is -0.136. The Balaban J connectivity index is 1.78. The summed E-state index contributed by atoms with van der Waals surface area (Å²) in [7, 11) is 1.48. The molecule has 11 heteroatoms. The Hall–Kier alpha value is -3.76. The zero-order valence-electron chi connectivity index (χ0n) is 20.4. The Bertz CT molecular complexity index is 1280. The molecule has 4 rings (SSSR count). The molecule has 7 nitrogen and oxygen atoms in total. The van der Waals surface area contributed by atoms with Crippen molar-refractivity contribution in [1.29, 1.82) is 0 Å². The van der Waals surface area contributed by atoms with Gasteiger partial charge in [-0.15, -0.1) is 0 Å². The van der Waals surface area contributed by atoms with Crippen LogP contribution in [0.25, 0.3) is 11.1 Å². The van der Waals surface area contributed by atoms with Crippen molar-refractivity contribution in [1.82, 2.24) is 14.8 Å². The molecule has 0 saturated carbocycles. The molecule has 0 aliphatic carbocycles. The van der Waals surface area contributed by atoms with E-state index in [0.29, 0.717) is 11.1 Å². The van der Waals surface area contributed by atoms with Crippen LogP contribution in [0.1, 0.15) is 31.7 Å². The summed E-state index contributed by atoms with van der Waals surface area (Å²) < 4.78 is 52.8. The number of benzene rings is 1. The number of rotatable bonds is 8. The molecule has 0 spiro atoms. The Morgan fingerprint density at radius 2 is 2.00 bits per heavy atom. The molecule has 2 aromatic rings. The van der Waals surface area contributed by atoms with Crippen LogP contribution in [0.4, 0.5) is 17.6 Å². The number of aliphatic imine (C=N–C) groups is 1. The predicted molar refractivity (Wildman–Crippen MR) is 129 cm³/mol. The maximum absolute atomic E-state index is 14.4. The molecule has 0 saturated heterocycles. The van der Waals surface area contributed by atoms with Gasteiger partial charge in [-0.3, -0.25) is 14.5 Å². The summed E-state index contributed by atoms with van der Waals surface area (Å²) >= 11 is 0. The third kappa shape index (κ3) is 4.94. The second-order valence-electron chi connectivity index (χ2n) is 9.12. The molecule has 37 heavy (non-hydrogen) atoms. The van der Waals surface area contributed by atoms with Gasteiger partial charge in [0.05, 0.1) is 5.70 Å². The number of ketones is 1. The van der Waals surface area contributed by atoms with Crippen LogP contribution in [0.3, 0.4) is 0 Å². The fourth-order valence-corrected chi connectivity index (χ4v) is 4.90. The summed E-state index contributed by atoms with van der Waals surface area (Å²) in [5.41, 5.74) is 5.87. The molecule has 2 N–H and O–H groups in total. The molecule has 1 amide bonds. The van der Waals surface area contributed by atoms with E-state index in [9.17, 15) is 27.2 Å². The molecule has 0 fully saturated rings. The highest BCUT2D eigenvalue weighted by molar-refractivity contribution is 6.07. The number of alkyl halides is 3. The molecule has 0 bridgehead atoms. The van der Waals surface area contributed by atoms with Crippen molar-refractivity contribution in [3.8, 4) is 11.1 Å². The van der Waals surface area contributed by atoms with Crippen LogP contribution >= 0.6 is 0 Å². The molecule has 0 radical (unpaired) electrons. The quantitative estimate of drug-likeness (QED) is 0.422. The Morgan fingerprint density at radius 3 is 2.62 bits per heavy atom. The number of carbonyl (C=O) groups excluding carboxylic acids is 2. The number of allylic oxidation sites excluding steroid dienone is 1. The second kappa shape index (κ2) is 9.95. The first-order chi connectivity index (χ1) is 17.5. The lowest BCUT2D eigenvalue weighted by atomic mass is 9.77. The SMILES string of the molecule is CCC(=O)C1=CC([C@]2(c3cccc(-c4cccnc4F)c3)N=C(N)N(C)C2=O)CN1CCCC(F)(F)F. The highest BCUT2D eigenvalue weighted by atomic mass is 19.4. The van der Waals surface area contributed by atoms with E-state index in [1.807, 2.05) is 0 Å². The van der Waals surface area contributed by atoms with Crippen LogP contribution in [-0.4, -0.2) is 58.7 Å². The van der Waals surface area contributed by atoms with Gasteiger partial charge in [0, 0.05) is 50.7 Å². The first kappa shape index (κ1) is 26.3. The minimum absolute atomic E-state index is 0.00613. The van der Waals surface area contributed by atoms with E-state index < -0.39 is 35.9 Å². The number of hydrogen-bond donors (Lipinski definition) is 1. The number of guanidine groups is 1. The smallest absolute Gasteiger partial charge is 0.369 e. The van der Waals surface area contributed by atoms with Gasteiger partial charge in [0.15, 0.2) is 17.3 Å². The molecule has 1 aromatic heterocycles. The lowest BCUT2D eigenvalue weighted by Crippen LogP contribution is -2.46. The summed E-state index contributed by atoms with van der Waals surface area (Å²) in [5.74, 6) is -2.11. The summed E-state index contributed by atoms with van der Waals surface area (Å²) in [6.45, 7) is 1.76. The lowest BCUT2D eigenvalue weighted by Gasteiger charge is -2.32. The first-order valence-corrected chi connectivity index (χ1v) is 11.9. The summed E-state index contributed by atoms with van der Waals surface area (Å²) in [5, 5.41) is 0. The average molecular weight is 518 g/mol. The number of halogens is 4. The van der Waals surface area contributed by atoms with Crippen molar-refractivity contribution in [3.05, 3.63) is 65.9 Å². The van der Waals surface area contributed by atoms with Gasteiger partial charge in [0.2, 0.25) is 5.95 Å². The number of hydrogen-bond acceptors (Lipinski definition) is 6. The standard InChI is InChI=1S/C26H27F4N5O2/c1-3-21(36)20-14-18(15-35(20)12-6-10-25(28,29)30)26(23(37)34(2)24(31)33-26)17-8-4-7-16(13-17)19-9-5-11-32-22(19)27/h4-5,7-9,11,13-14,18H,3,6,10,12,15H2,1-2H3,(H2,31,33)/t18?,26-/m0/s1. The topological polar surface area (TPSA) is 91.9 Å². The van der Waals surface area contributed by atoms with E-state index in [1.54, 1.807) is 54.3 Å². The number of likely N-dealkylation sites (N-methyl/N-ethyl adjacent to an activating group) is 1. The van der Waals surface area contributed by atoms with Crippen LogP contribution < -0.4 is 5.73 Å². The number of aromatic nitrogens is 1. The largest absolute Gasteiger partial charge is 0.389 e. The summed E-state index contributed by atoms with van der Waals surface area (Å²) in [4.78, 5) is 37.5. The second-order valence-corrected chi connectivity index (χ2v) is 9.12. The fourth-order valence-electron chi connectivity index (χ4n) is 4.90. The number of pyridine rings is 1. The zero-order valence-corrected chi connectivity index (χ0v) is 20.4. The summed E-state index contributed by atoms with van der Waals surface area (Å²) in [6.07, 6.45) is -2.41. The van der Waals surface area contributed by atoms with Crippen molar-refractivity contribution in [3.63, 3.8) is 0 Å². The maximum atomic E-state index is 14.4. The van der Waals surface area contributed by atoms with E-state index in [1.165, 1.54) is 18.1 Å². The van der Waals surface area contributed by atoms with Gasteiger partial charge in [-0.1, -0.05) is 25.1 Å². The maximum Gasteiger partial charge on any atom is 0.389 e. The van der Waals surface area contributed by atoms with Gasteiger partial charge in [0.1, 0.15) is 0 Å². The predicted octanol–water partition coefficient (Wildman–Crippen LogP) is 4.01. The molecule has 196 valence electrons. The van der Waals surface area contributed by atoms with E-state index >= 15 is 0 Å². The Kier molecular flexibility index (Phi) is 7.07. The Morgan fingerprint density at radius 1 is 1.24 bits per heavy atom. The number of amides is 1. The number of nitrogens with zero attached hydrogens (tertiary/aromatic N) is 4. The third-order valence-corrected chi connectivity index (χ3v) is 6.79. The van der Waals surface area contributed by atoms with E-state index in [2.05, 4.69) is 9.98 Å². The molecule has 2 aliphatic heterocycles. The fraction of sp³-hybridized carbons (Fsp3) is 0.385. The van der Waals surface area contributed by atoms with E-state index in [0.717, 1.165) is 0 Å². The average Bonchev–Trinajstić information content (AvgIpc) is 3.38. The van der Waals surface area contributed by atoms with Crippen molar-refractivity contribution >= 4 is 17.6 Å². The molecular weight excluding hydrogens is 490 g/mol. The first-order valence-electron chi connectivity index (χ1n) is 11.9. The molecule has 2 aliphatic rings. The minimum Gasteiger partial charge on any atom is -0.369 e. The Labute approximate surface area is 211 Å². The van der Waals surface area contributed by atoms with Gasteiger partial charge in [0.25, 0.3) is 5.91 Å². The minimum atomic E-state index is -4.32. The van der Waals surface area contributed by atoms with Crippen molar-refractivity contribution in [2.75, 3.05) is 20.1 Å². The van der Waals surface area contributed by atoms with Crippen molar-refractivity contribution < 1.29 is 27.2 Å². The normalized spacial score (nSPS) is 21.9. The highest BCUT2D eigenvalue weighted by Gasteiger charge is 2.55. The van der Waals surface area contributed by atoms with Gasteiger partial charge in [-0.05, 0) is 41.8 Å². The van der Waals surface area contributed by atoms with Crippen LogP contribution in [0.15, 0.2) is 59.4 Å². The van der Waals surface area contributed by atoms with Crippen molar-refractivity contribution in [2.45, 2.75) is 37.9 Å². The zero-order chi connectivity index (χ0) is 27.0. The van der Waals surface area contributed by atoms with Crippen LogP contribution in [0, 0.1) is 11.9 Å². The van der Waals surface area contributed by atoms with Gasteiger partial charge in [-0.2, -0.15) is 17.6 Å². The van der Waals surface area contributed by atoms with E-state index in [4.69, 9.17) is 5.73 Å². The van der Waals surface area contributed by atoms with Crippen LogP contribution in [0.2, 0.25) is 0 Å². The van der Waals surface area contributed by atoms with Gasteiger partial charge < -0.3 is 10.6 Å².